The first kappa shape index (κ1) is 12.9. The Morgan fingerprint density at radius 2 is 1.39 bits per heavy atom. The van der Waals surface area contributed by atoms with E-state index in [1.165, 1.54) is 12.1 Å². The molecule has 0 bridgehead atoms. The molecule has 0 saturated carbocycles. The maximum absolute atomic E-state index is 12.0. The highest BCUT2D eigenvalue weighted by Crippen LogP contribution is 2.11. The molecule has 0 aliphatic carbocycles. The first-order chi connectivity index (χ1) is 8.59. The van der Waals surface area contributed by atoms with E-state index in [1.54, 1.807) is 42.5 Å². The summed E-state index contributed by atoms with van der Waals surface area (Å²) in [5, 5.41) is 0. The molecular formula is C12H12N2O2S2. The van der Waals surface area contributed by atoms with Crippen molar-refractivity contribution in [1.82, 2.24) is 4.13 Å². The van der Waals surface area contributed by atoms with Crippen LogP contribution < -0.4 is 4.13 Å². The smallest absolute Gasteiger partial charge is 0.250 e. The van der Waals surface area contributed by atoms with Gasteiger partial charge >= 0.3 is 0 Å². The third kappa shape index (κ3) is 3.04. The summed E-state index contributed by atoms with van der Waals surface area (Å²) in [6, 6.07) is 16.9. The Labute approximate surface area is 109 Å². The van der Waals surface area contributed by atoms with Crippen molar-refractivity contribution in [2.24, 2.45) is 0 Å². The maximum atomic E-state index is 12.0. The number of benzene rings is 2. The summed E-state index contributed by atoms with van der Waals surface area (Å²) in [5.41, 5.74) is 0. The van der Waals surface area contributed by atoms with Crippen molar-refractivity contribution in [1.29, 1.82) is 4.78 Å². The molecule has 0 spiro atoms. The molecule has 6 heteroatoms. The van der Waals surface area contributed by atoms with Crippen LogP contribution in [0.25, 0.3) is 0 Å². The fourth-order valence-corrected chi connectivity index (χ4v) is 3.95. The van der Waals surface area contributed by atoms with Gasteiger partial charge < -0.3 is 0 Å². The highest BCUT2D eigenvalue weighted by Gasteiger charge is 2.15. The number of nitrogens with one attached hydrogen (secondary N) is 2. The van der Waals surface area contributed by atoms with E-state index in [2.05, 4.69) is 4.13 Å². The fourth-order valence-electron chi connectivity index (χ4n) is 1.36. The molecule has 0 fully saturated rings. The molecule has 0 radical (unpaired) electrons. The van der Waals surface area contributed by atoms with Gasteiger partial charge in [-0.05, 0) is 24.3 Å². The van der Waals surface area contributed by atoms with E-state index < -0.39 is 20.9 Å². The SMILES string of the molecule is N=S(NS(=O)(=O)c1ccccc1)c1ccccc1. The van der Waals surface area contributed by atoms with Crippen LogP contribution in [0.15, 0.2) is 70.5 Å². The van der Waals surface area contributed by atoms with Gasteiger partial charge in [0, 0.05) is 15.8 Å². The van der Waals surface area contributed by atoms with Crippen LogP contribution in [0.5, 0.6) is 0 Å². The largest absolute Gasteiger partial charge is 0.260 e. The van der Waals surface area contributed by atoms with Gasteiger partial charge in [0.15, 0.2) is 0 Å². The molecule has 2 aromatic rings. The molecule has 0 heterocycles. The first-order valence-corrected chi connectivity index (χ1v) is 7.88. The standard InChI is InChI=1S/C12H12N2O2S2/c13-17(11-7-3-1-4-8-11)14-18(15,16)12-9-5-2-6-10-12/h1-10H,(H2,13,14). The van der Waals surface area contributed by atoms with Gasteiger partial charge in [0.05, 0.1) is 4.90 Å². The van der Waals surface area contributed by atoms with Crippen molar-refractivity contribution >= 4 is 20.9 Å². The Balaban J connectivity index is 2.23. The number of hydrogen-bond acceptors (Lipinski definition) is 3. The van der Waals surface area contributed by atoms with E-state index in [9.17, 15) is 8.42 Å². The quantitative estimate of drug-likeness (QED) is 0.902. The highest BCUT2D eigenvalue weighted by molar-refractivity contribution is 8.02. The second-order valence-corrected chi connectivity index (χ2v) is 6.75. The Kier molecular flexibility index (Phi) is 3.90. The molecule has 1 unspecified atom stereocenters. The zero-order valence-electron chi connectivity index (χ0n) is 9.41. The topological polar surface area (TPSA) is 70.0 Å². The summed E-state index contributed by atoms with van der Waals surface area (Å²) >= 11 is 0. The molecule has 0 aromatic heterocycles. The van der Waals surface area contributed by atoms with E-state index in [1.807, 2.05) is 6.07 Å². The van der Waals surface area contributed by atoms with Gasteiger partial charge in [-0.15, -0.1) is 4.13 Å². The van der Waals surface area contributed by atoms with Gasteiger partial charge in [-0.1, -0.05) is 36.4 Å². The van der Waals surface area contributed by atoms with E-state index in [0.29, 0.717) is 4.90 Å². The predicted octanol–water partition coefficient (Wildman–Crippen LogP) is 2.32. The minimum atomic E-state index is -3.63. The lowest BCUT2D eigenvalue weighted by Crippen LogP contribution is -2.25. The van der Waals surface area contributed by atoms with Crippen LogP contribution in [-0.4, -0.2) is 8.42 Å². The zero-order chi connectivity index (χ0) is 13.0. The minimum absolute atomic E-state index is 0.172. The molecule has 1 atom stereocenters. The van der Waals surface area contributed by atoms with E-state index in [0.717, 1.165) is 0 Å². The summed E-state index contributed by atoms with van der Waals surface area (Å²) in [6.45, 7) is 0. The van der Waals surface area contributed by atoms with Gasteiger partial charge in [-0.25, -0.2) is 8.42 Å². The van der Waals surface area contributed by atoms with Crippen LogP contribution in [0.3, 0.4) is 0 Å². The second kappa shape index (κ2) is 5.43. The minimum Gasteiger partial charge on any atom is -0.260 e. The summed E-state index contributed by atoms with van der Waals surface area (Å²) in [6.07, 6.45) is 0. The van der Waals surface area contributed by atoms with E-state index in [-0.39, 0.29) is 4.90 Å². The maximum Gasteiger partial charge on any atom is 0.250 e. The molecule has 4 nitrogen and oxygen atoms in total. The molecule has 0 amide bonds. The summed E-state index contributed by atoms with van der Waals surface area (Å²) in [4.78, 5) is 0.808. The molecule has 2 rings (SSSR count). The number of rotatable bonds is 4. The summed E-state index contributed by atoms with van der Waals surface area (Å²) in [7, 11) is -4.92. The molecule has 0 aliphatic rings. The van der Waals surface area contributed by atoms with Crippen LogP contribution in [0.2, 0.25) is 0 Å². The van der Waals surface area contributed by atoms with E-state index >= 15 is 0 Å². The molecule has 94 valence electrons. The Morgan fingerprint density at radius 1 is 0.889 bits per heavy atom. The molecule has 0 saturated heterocycles. The third-order valence-corrected chi connectivity index (χ3v) is 5.41. The third-order valence-electron chi connectivity index (χ3n) is 2.23. The van der Waals surface area contributed by atoms with Gasteiger partial charge in [-0.2, -0.15) is 0 Å². The Bertz CT molecular complexity index is 640. The Morgan fingerprint density at radius 3 is 1.94 bits per heavy atom. The second-order valence-electron chi connectivity index (χ2n) is 3.52. The average Bonchev–Trinajstić information content (AvgIpc) is 2.40. The lowest BCUT2D eigenvalue weighted by Gasteiger charge is -2.08. The van der Waals surface area contributed by atoms with Gasteiger partial charge in [0.1, 0.15) is 0 Å². The van der Waals surface area contributed by atoms with Crippen molar-refractivity contribution in [3.63, 3.8) is 0 Å². The monoisotopic (exact) mass is 280 g/mol. The van der Waals surface area contributed by atoms with Gasteiger partial charge in [0.25, 0.3) is 10.0 Å². The van der Waals surface area contributed by atoms with E-state index in [4.69, 9.17) is 4.78 Å². The molecule has 0 aliphatic heterocycles. The Hall–Kier alpha value is -1.50. The molecular weight excluding hydrogens is 268 g/mol. The normalized spacial score (nSPS) is 13.1. The van der Waals surface area contributed by atoms with Crippen LogP contribution in [0.4, 0.5) is 0 Å². The molecule has 2 aromatic carbocycles. The van der Waals surface area contributed by atoms with Crippen LogP contribution in [0, 0.1) is 4.78 Å². The molecule has 2 N–H and O–H groups in total. The van der Waals surface area contributed by atoms with Gasteiger partial charge in [-0.3, -0.25) is 4.78 Å². The van der Waals surface area contributed by atoms with Gasteiger partial charge in [0.2, 0.25) is 0 Å². The van der Waals surface area contributed by atoms with Crippen molar-refractivity contribution in [2.45, 2.75) is 9.79 Å². The van der Waals surface area contributed by atoms with Crippen molar-refractivity contribution < 1.29 is 8.42 Å². The first-order valence-electron chi connectivity index (χ1n) is 5.18. The van der Waals surface area contributed by atoms with Crippen molar-refractivity contribution in [3.05, 3.63) is 60.7 Å². The predicted molar refractivity (Wildman–Crippen MR) is 71.6 cm³/mol. The van der Waals surface area contributed by atoms with Crippen molar-refractivity contribution in [2.75, 3.05) is 0 Å². The zero-order valence-corrected chi connectivity index (χ0v) is 11.0. The van der Waals surface area contributed by atoms with Crippen LogP contribution in [0.1, 0.15) is 0 Å². The average molecular weight is 280 g/mol. The molecule has 18 heavy (non-hydrogen) atoms. The lowest BCUT2D eigenvalue weighted by atomic mass is 10.4. The number of sulfonamides is 1. The summed E-state index contributed by atoms with van der Waals surface area (Å²) < 4.78 is 34.2. The number of hydrogen-bond donors (Lipinski definition) is 2. The van der Waals surface area contributed by atoms with Crippen molar-refractivity contribution in [3.8, 4) is 0 Å². The lowest BCUT2D eigenvalue weighted by molar-refractivity contribution is 0.594. The van der Waals surface area contributed by atoms with Crippen LogP contribution >= 0.6 is 0 Å². The summed E-state index contributed by atoms with van der Waals surface area (Å²) in [5.74, 6) is 0. The fraction of sp³-hybridized carbons (Fsp3) is 0. The highest BCUT2D eigenvalue weighted by atomic mass is 32.3. The van der Waals surface area contributed by atoms with Crippen LogP contribution in [-0.2, 0) is 20.9 Å².